The minimum Gasteiger partial charge on any atom is -0.394 e. The maximum atomic E-state index is 9.81. The fourth-order valence-electron chi connectivity index (χ4n) is 2.86. The Morgan fingerprint density at radius 1 is 1.42 bits per heavy atom. The summed E-state index contributed by atoms with van der Waals surface area (Å²) in [5, 5.41) is 23.4. The first-order valence-electron chi connectivity index (χ1n) is 7.04. The molecular formula is C13H21N3OS2. The highest BCUT2D eigenvalue weighted by Gasteiger charge is 2.40. The Morgan fingerprint density at radius 2 is 2.26 bits per heavy atom. The van der Waals surface area contributed by atoms with Crippen LogP contribution in [0.5, 0.6) is 0 Å². The summed E-state index contributed by atoms with van der Waals surface area (Å²) in [7, 11) is 0. The van der Waals surface area contributed by atoms with Gasteiger partial charge in [-0.2, -0.15) is 0 Å². The van der Waals surface area contributed by atoms with Crippen molar-refractivity contribution < 1.29 is 5.11 Å². The van der Waals surface area contributed by atoms with Gasteiger partial charge in [0, 0.05) is 16.8 Å². The van der Waals surface area contributed by atoms with E-state index < -0.39 is 0 Å². The van der Waals surface area contributed by atoms with Crippen molar-refractivity contribution in [2.24, 2.45) is 0 Å². The van der Waals surface area contributed by atoms with Gasteiger partial charge in [-0.15, -0.1) is 10.2 Å². The van der Waals surface area contributed by atoms with Crippen molar-refractivity contribution in [3.05, 3.63) is 5.01 Å². The second-order valence-corrected chi connectivity index (χ2v) is 8.51. The number of nitrogens with one attached hydrogen (secondary N) is 1. The van der Waals surface area contributed by atoms with E-state index in [1.165, 1.54) is 25.7 Å². The molecule has 0 saturated heterocycles. The number of thioether (sulfide) groups is 1. The summed E-state index contributed by atoms with van der Waals surface area (Å²) in [4.78, 5) is 0. The molecule has 0 spiro atoms. The third-order valence-corrected chi connectivity index (χ3v) is 6.16. The monoisotopic (exact) mass is 299 g/mol. The number of aryl methyl sites for hydroxylation is 1. The summed E-state index contributed by atoms with van der Waals surface area (Å²) in [6.07, 6.45) is 7.10. The van der Waals surface area contributed by atoms with E-state index in [1.54, 1.807) is 11.3 Å². The Bertz CT molecular complexity index is 435. The minimum absolute atomic E-state index is 0.0448. The fourth-order valence-corrected chi connectivity index (χ4v) is 5.30. The number of rotatable bonds is 5. The van der Waals surface area contributed by atoms with Gasteiger partial charge in [-0.1, -0.05) is 29.5 Å². The Labute approximate surface area is 122 Å². The number of hydrogen-bond acceptors (Lipinski definition) is 6. The number of aromatic nitrogens is 2. The van der Waals surface area contributed by atoms with E-state index in [1.807, 2.05) is 18.7 Å². The minimum atomic E-state index is -0.0448. The van der Waals surface area contributed by atoms with Gasteiger partial charge in [0.25, 0.3) is 0 Å². The summed E-state index contributed by atoms with van der Waals surface area (Å²) in [5.74, 6) is 0. The zero-order valence-corrected chi connectivity index (χ0v) is 12.9. The van der Waals surface area contributed by atoms with E-state index in [9.17, 15) is 5.11 Å². The van der Waals surface area contributed by atoms with E-state index in [2.05, 4.69) is 15.5 Å². The molecule has 0 amide bonds. The third kappa shape index (κ3) is 3.48. The maximum Gasteiger partial charge on any atom is 0.174 e. The molecule has 0 bridgehead atoms. The fraction of sp³-hybridized carbons (Fsp3) is 0.846. The van der Waals surface area contributed by atoms with Gasteiger partial charge in [0.1, 0.15) is 5.01 Å². The van der Waals surface area contributed by atoms with Crippen molar-refractivity contribution in [3.63, 3.8) is 0 Å². The average Bonchev–Trinajstić information content (AvgIpc) is 3.11. The molecular weight excluding hydrogens is 278 g/mol. The Morgan fingerprint density at radius 3 is 2.89 bits per heavy atom. The normalized spacial score (nSPS) is 31.6. The van der Waals surface area contributed by atoms with Crippen molar-refractivity contribution >= 4 is 23.1 Å². The van der Waals surface area contributed by atoms with Crippen molar-refractivity contribution in [2.45, 2.75) is 66.6 Å². The van der Waals surface area contributed by atoms with Crippen LogP contribution in [0.15, 0.2) is 4.34 Å². The molecule has 2 aliphatic rings. The van der Waals surface area contributed by atoms with E-state index in [-0.39, 0.29) is 12.1 Å². The molecule has 2 aliphatic carbocycles. The standard InChI is InChI=1S/C13H21N3OS2/c1-9-15-16-12(18-9)19-11-3-2-6-13(7-11,8-17)14-10-4-5-10/h10-11,14,17H,2-8H2,1H3. The van der Waals surface area contributed by atoms with Gasteiger partial charge in [0.05, 0.1) is 6.61 Å². The molecule has 1 heterocycles. The van der Waals surface area contributed by atoms with Crippen LogP contribution in [0.1, 0.15) is 43.5 Å². The predicted octanol–water partition coefficient (Wildman–Crippen LogP) is 2.36. The topological polar surface area (TPSA) is 58.0 Å². The van der Waals surface area contributed by atoms with Crippen LogP contribution in [0.2, 0.25) is 0 Å². The summed E-state index contributed by atoms with van der Waals surface area (Å²) < 4.78 is 1.07. The lowest BCUT2D eigenvalue weighted by atomic mass is 9.82. The molecule has 0 aromatic carbocycles. The van der Waals surface area contributed by atoms with Gasteiger partial charge in [0.2, 0.25) is 0 Å². The number of aliphatic hydroxyl groups is 1. The van der Waals surface area contributed by atoms with Gasteiger partial charge in [-0.05, 0) is 39.0 Å². The average molecular weight is 299 g/mol. The van der Waals surface area contributed by atoms with Crippen LogP contribution < -0.4 is 5.32 Å². The Hall–Kier alpha value is -0.170. The van der Waals surface area contributed by atoms with Crippen LogP contribution in [0.4, 0.5) is 0 Å². The largest absolute Gasteiger partial charge is 0.394 e. The molecule has 0 radical (unpaired) electrons. The molecule has 2 saturated carbocycles. The van der Waals surface area contributed by atoms with E-state index >= 15 is 0 Å². The van der Waals surface area contributed by atoms with E-state index in [0.29, 0.717) is 11.3 Å². The Balaban J connectivity index is 1.62. The predicted molar refractivity (Wildman–Crippen MR) is 78.7 cm³/mol. The van der Waals surface area contributed by atoms with Crippen LogP contribution in [-0.4, -0.2) is 38.7 Å². The van der Waals surface area contributed by atoms with Gasteiger partial charge in [0.15, 0.2) is 4.34 Å². The summed E-state index contributed by atoms with van der Waals surface area (Å²) in [6, 6.07) is 0.652. The molecule has 19 heavy (non-hydrogen) atoms. The lowest BCUT2D eigenvalue weighted by molar-refractivity contribution is 0.122. The molecule has 2 fully saturated rings. The molecule has 6 heteroatoms. The number of aliphatic hydroxyl groups excluding tert-OH is 1. The molecule has 1 aromatic rings. The molecule has 2 unspecified atom stereocenters. The van der Waals surface area contributed by atoms with Crippen LogP contribution in [0.25, 0.3) is 0 Å². The molecule has 0 aliphatic heterocycles. The smallest absolute Gasteiger partial charge is 0.174 e. The number of hydrogen-bond donors (Lipinski definition) is 2. The van der Waals surface area contributed by atoms with Gasteiger partial charge in [-0.25, -0.2) is 0 Å². The van der Waals surface area contributed by atoms with Gasteiger partial charge in [-0.3, -0.25) is 0 Å². The lowest BCUT2D eigenvalue weighted by Crippen LogP contribution is -2.53. The number of nitrogens with zero attached hydrogens (tertiary/aromatic N) is 2. The van der Waals surface area contributed by atoms with Crippen molar-refractivity contribution in [2.75, 3.05) is 6.61 Å². The van der Waals surface area contributed by atoms with Crippen LogP contribution in [0.3, 0.4) is 0 Å². The first-order valence-corrected chi connectivity index (χ1v) is 8.74. The molecule has 1 aromatic heterocycles. The summed E-state index contributed by atoms with van der Waals surface area (Å²) in [6.45, 7) is 2.25. The molecule has 2 N–H and O–H groups in total. The highest BCUT2D eigenvalue weighted by Crippen LogP contribution is 2.40. The van der Waals surface area contributed by atoms with E-state index in [0.717, 1.165) is 22.2 Å². The second-order valence-electron chi connectivity index (χ2n) is 5.78. The third-order valence-electron chi connectivity index (χ3n) is 3.97. The van der Waals surface area contributed by atoms with Crippen molar-refractivity contribution in [1.82, 2.24) is 15.5 Å². The lowest BCUT2D eigenvalue weighted by Gasteiger charge is -2.40. The molecule has 3 rings (SSSR count). The van der Waals surface area contributed by atoms with E-state index in [4.69, 9.17) is 0 Å². The van der Waals surface area contributed by atoms with Gasteiger partial charge < -0.3 is 10.4 Å². The van der Waals surface area contributed by atoms with Crippen LogP contribution in [-0.2, 0) is 0 Å². The summed E-state index contributed by atoms with van der Waals surface area (Å²) >= 11 is 3.52. The molecule has 2 atom stereocenters. The Kier molecular flexibility index (Phi) is 4.12. The van der Waals surface area contributed by atoms with Crippen LogP contribution >= 0.6 is 23.1 Å². The van der Waals surface area contributed by atoms with Gasteiger partial charge >= 0.3 is 0 Å². The molecule has 106 valence electrons. The molecule has 4 nitrogen and oxygen atoms in total. The van der Waals surface area contributed by atoms with Crippen LogP contribution in [0, 0.1) is 6.92 Å². The second kappa shape index (κ2) is 5.68. The highest BCUT2D eigenvalue weighted by atomic mass is 32.2. The highest BCUT2D eigenvalue weighted by molar-refractivity contribution is 8.01. The zero-order chi connectivity index (χ0) is 13.3. The van der Waals surface area contributed by atoms with Crippen molar-refractivity contribution in [1.29, 1.82) is 0 Å². The zero-order valence-electron chi connectivity index (χ0n) is 11.3. The SMILES string of the molecule is Cc1nnc(SC2CCCC(CO)(NC3CC3)C2)s1. The summed E-state index contributed by atoms with van der Waals surface area (Å²) in [5.41, 5.74) is -0.0448. The first kappa shape index (κ1) is 13.8. The maximum absolute atomic E-state index is 9.81. The van der Waals surface area contributed by atoms with Crippen molar-refractivity contribution in [3.8, 4) is 0 Å². The quantitative estimate of drug-likeness (QED) is 0.874. The first-order chi connectivity index (χ1) is 9.19.